The van der Waals surface area contributed by atoms with Crippen LogP contribution in [0.25, 0.3) is 0 Å². The van der Waals surface area contributed by atoms with E-state index in [0.717, 1.165) is 16.7 Å². The molecule has 0 aromatic heterocycles. The molecule has 1 atom stereocenters. The van der Waals surface area contributed by atoms with Crippen molar-refractivity contribution in [3.05, 3.63) is 107 Å². The number of nitriles is 1. The van der Waals surface area contributed by atoms with Gasteiger partial charge in [-0.05, 0) is 30.2 Å². The Morgan fingerprint density at radius 3 is 1.81 bits per heavy atom. The predicted molar refractivity (Wildman–Crippen MR) is 104 cm³/mol. The SMILES string of the molecule is CCO[C@]1(c2ccc(C#N)cc2)OCC1(c1ccccc1)c1ccccc1. The minimum Gasteiger partial charge on any atom is -0.345 e. The first kappa shape index (κ1) is 17.5. The maximum atomic E-state index is 9.15. The molecule has 0 radical (unpaired) electrons. The van der Waals surface area contributed by atoms with Gasteiger partial charge in [-0.25, -0.2) is 0 Å². The van der Waals surface area contributed by atoms with E-state index in [4.69, 9.17) is 14.7 Å². The van der Waals surface area contributed by atoms with Gasteiger partial charge in [-0.15, -0.1) is 0 Å². The van der Waals surface area contributed by atoms with E-state index in [2.05, 4.69) is 30.3 Å². The molecule has 3 heteroatoms. The van der Waals surface area contributed by atoms with Crippen LogP contribution in [0.1, 0.15) is 29.2 Å². The molecule has 0 amide bonds. The summed E-state index contributed by atoms with van der Waals surface area (Å²) in [7, 11) is 0. The summed E-state index contributed by atoms with van der Waals surface area (Å²) in [5.41, 5.74) is 3.39. The molecule has 1 aliphatic heterocycles. The van der Waals surface area contributed by atoms with Crippen molar-refractivity contribution in [2.24, 2.45) is 0 Å². The third-order valence-corrected chi connectivity index (χ3v) is 5.33. The Balaban J connectivity index is 1.95. The lowest BCUT2D eigenvalue weighted by Crippen LogP contribution is -2.65. The number of rotatable bonds is 5. The highest BCUT2D eigenvalue weighted by Gasteiger charge is 2.65. The first-order valence-corrected chi connectivity index (χ1v) is 9.16. The minimum atomic E-state index is -0.932. The molecule has 0 saturated carbocycles. The van der Waals surface area contributed by atoms with Crippen molar-refractivity contribution >= 4 is 0 Å². The first-order chi connectivity index (χ1) is 13.3. The molecule has 3 aromatic rings. The van der Waals surface area contributed by atoms with Crippen molar-refractivity contribution in [1.82, 2.24) is 0 Å². The summed E-state index contributed by atoms with van der Waals surface area (Å²) in [5, 5.41) is 9.15. The largest absolute Gasteiger partial charge is 0.345 e. The predicted octanol–water partition coefficient (Wildman–Crippen LogP) is 4.76. The van der Waals surface area contributed by atoms with Crippen LogP contribution in [0, 0.1) is 11.3 Å². The normalized spacial score (nSPS) is 20.4. The van der Waals surface area contributed by atoms with E-state index in [9.17, 15) is 0 Å². The van der Waals surface area contributed by atoms with Gasteiger partial charge in [-0.1, -0.05) is 72.8 Å². The van der Waals surface area contributed by atoms with Crippen LogP contribution >= 0.6 is 0 Å². The van der Waals surface area contributed by atoms with Gasteiger partial charge in [0.1, 0.15) is 5.41 Å². The van der Waals surface area contributed by atoms with E-state index >= 15 is 0 Å². The van der Waals surface area contributed by atoms with Crippen molar-refractivity contribution in [3.63, 3.8) is 0 Å². The van der Waals surface area contributed by atoms with Crippen LogP contribution in [0.3, 0.4) is 0 Å². The Morgan fingerprint density at radius 2 is 1.41 bits per heavy atom. The van der Waals surface area contributed by atoms with Gasteiger partial charge < -0.3 is 9.47 Å². The maximum absolute atomic E-state index is 9.15. The van der Waals surface area contributed by atoms with Crippen molar-refractivity contribution in [2.45, 2.75) is 18.1 Å². The van der Waals surface area contributed by atoms with E-state index in [-0.39, 0.29) is 0 Å². The summed E-state index contributed by atoms with van der Waals surface area (Å²) in [4.78, 5) is 0. The average Bonchev–Trinajstić information content (AvgIpc) is 2.73. The van der Waals surface area contributed by atoms with Gasteiger partial charge >= 0.3 is 0 Å². The molecule has 0 N–H and O–H groups in total. The lowest BCUT2D eigenvalue weighted by molar-refractivity contribution is -0.361. The van der Waals surface area contributed by atoms with Gasteiger partial charge in [0, 0.05) is 12.2 Å². The second-order valence-corrected chi connectivity index (χ2v) is 6.66. The molecular weight excluding hydrogens is 334 g/mol. The van der Waals surface area contributed by atoms with E-state index in [1.165, 1.54) is 0 Å². The number of hydrogen-bond donors (Lipinski definition) is 0. The maximum Gasteiger partial charge on any atom is 0.211 e. The van der Waals surface area contributed by atoms with Gasteiger partial charge in [0.15, 0.2) is 0 Å². The lowest BCUT2D eigenvalue weighted by atomic mass is 9.63. The topological polar surface area (TPSA) is 42.2 Å². The second-order valence-electron chi connectivity index (χ2n) is 6.66. The highest BCUT2D eigenvalue weighted by molar-refractivity contribution is 5.49. The summed E-state index contributed by atoms with van der Waals surface area (Å²) >= 11 is 0. The van der Waals surface area contributed by atoms with Crippen LogP contribution in [-0.2, 0) is 20.7 Å². The van der Waals surface area contributed by atoms with Gasteiger partial charge in [-0.2, -0.15) is 5.26 Å². The zero-order valence-electron chi connectivity index (χ0n) is 15.3. The second kappa shape index (κ2) is 7.00. The fraction of sp³-hybridized carbons (Fsp3) is 0.208. The molecule has 4 rings (SSSR count). The Morgan fingerprint density at radius 1 is 0.852 bits per heavy atom. The molecule has 27 heavy (non-hydrogen) atoms. The molecule has 1 saturated heterocycles. The van der Waals surface area contributed by atoms with E-state index in [0.29, 0.717) is 18.8 Å². The molecule has 1 fully saturated rings. The van der Waals surface area contributed by atoms with Crippen LogP contribution < -0.4 is 0 Å². The number of nitrogens with zero attached hydrogens (tertiary/aromatic N) is 1. The molecule has 3 aromatic carbocycles. The summed E-state index contributed by atoms with van der Waals surface area (Å²) < 4.78 is 12.6. The Labute approximate surface area is 159 Å². The fourth-order valence-electron chi connectivity index (χ4n) is 4.05. The van der Waals surface area contributed by atoms with Crippen LogP contribution in [0.15, 0.2) is 84.9 Å². The quantitative estimate of drug-likeness (QED) is 0.662. The van der Waals surface area contributed by atoms with Crippen LogP contribution in [0.5, 0.6) is 0 Å². The van der Waals surface area contributed by atoms with Crippen molar-refractivity contribution in [1.29, 1.82) is 5.26 Å². The molecule has 3 nitrogen and oxygen atoms in total. The summed E-state index contributed by atoms with van der Waals surface area (Å²) in [6.45, 7) is 3.02. The van der Waals surface area contributed by atoms with Crippen LogP contribution in [0.4, 0.5) is 0 Å². The summed E-state index contributed by atoms with van der Waals surface area (Å²) in [6, 6.07) is 30.5. The number of hydrogen-bond acceptors (Lipinski definition) is 3. The van der Waals surface area contributed by atoms with E-state index in [1.807, 2.05) is 67.6 Å². The molecule has 0 aliphatic carbocycles. The van der Waals surface area contributed by atoms with Crippen molar-refractivity contribution in [2.75, 3.05) is 13.2 Å². The Bertz CT molecular complexity index is 906. The van der Waals surface area contributed by atoms with E-state index < -0.39 is 11.2 Å². The van der Waals surface area contributed by atoms with Gasteiger partial charge in [0.25, 0.3) is 0 Å². The third kappa shape index (κ3) is 2.57. The van der Waals surface area contributed by atoms with Gasteiger partial charge in [-0.3, -0.25) is 0 Å². The van der Waals surface area contributed by atoms with Crippen molar-refractivity contribution in [3.8, 4) is 6.07 Å². The lowest BCUT2D eigenvalue weighted by Gasteiger charge is -2.58. The van der Waals surface area contributed by atoms with E-state index in [1.54, 1.807) is 0 Å². The highest BCUT2D eigenvalue weighted by Crippen LogP contribution is 2.58. The monoisotopic (exact) mass is 355 g/mol. The Hall–Kier alpha value is -2.93. The van der Waals surface area contributed by atoms with Crippen LogP contribution in [-0.4, -0.2) is 13.2 Å². The van der Waals surface area contributed by atoms with Crippen LogP contribution in [0.2, 0.25) is 0 Å². The summed E-state index contributed by atoms with van der Waals surface area (Å²) in [5.74, 6) is -0.932. The molecule has 0 bridgehead atoms. The zero-order valence-corrected chi connectivity index (χ0v) is 15.3. The van der Waals surface area contributed by atoms with Gasteiger partial charge in [0.05, 0.1) is 18.2 Å². The molecular formula is C24H21NO2. The van der Waals surface area contributed by atoms with Gasteiger partial charge in [0.2, 0.25) is 5.79 Å². The Kier molecular flexibility index (Phi) is 4.53. The standard InChI is InChI=1S/C24H21NO2/c1-2-26-24(22-15-13-19(17-25)14-16-22)23(18-27-24,20-9-5-3-6-10-20)21-11-7-4-8-12-21/h3-16H,2,18H2,1H3/t24-/m1/s1. The smallest absolute Gasteiger partial charge is 0.211 e. The molecule has 0 spiro atoms. The molecule has 0 unspecified atom stereocenters. The third-order valence-electron chi connectivity index (χ3n) is 5.33. The summed E-state index contributed by atoms with van der Waals surface area (Å²) in [6.07, 6.45) is 0. The minimum absolute atomic E-state index is 0.459. The molecule has 1 heterocycles. The average molecular weight is 355 g/mol. The molecule has 134 valence electrons. The van der Waals surface area contributed by atoms with Crippen molar-refractivity contribution < 1.29 is 9.47 Å². The highest BCUT2D eigenvalue weighted by atomic mass is 16.7. The zero-order chi connectivity index (χ0) is 18.7. The number of ether oxygens (including phenoxy) is 2. The fourth-order valence-corrected chi connectivity index (χ4v) is 4.05. The number of benzene rings is 3. The first-order valence-electron chi connectivity index (χ1n) is 9.16. The molecule has 1 aliphatic rings.